The van der Waals surface area contributed by atoms with Crippen LogP contribution in [-0.2, 0) is 4.79 Å². The summed E-state index contributed by atoms with van der Waals surface area (Å²) in [7, 11) is 0. The van der Waals surface area contributed by atoms with Crippen LogP contribution in [0.4, 0.5) is 0 Å². The van der Waals surface area contributed by atoms with E-state index in [9.17, 15) is 4.79 Å². The summed E-state index contributed by atoms with van der Waals surface area (Å²) in [6, 6.07) is 2.02. The van der Waals surface area contributed by atoms with Crippen LogP contribution in [0.15, 0.2) is 40.9 Å². The van der Waals surface area contributed by atoms with Crippen LogP contribution in [0.25, 0.3) is 17.7 Å². The van der Waals surface area contributed by atoms with Gasteiger partial charge in [-0.25, -0.2) is 0 Å². The number of likely N-dealkylation sites (tertiary alicyclic amines) is 1. The minimum atomic E-state index is -0.692. The fourth-order valence-corrected chi connectivity index (χ4v) is 2.85. The van der Waals surface area contributed by atoms with Gasteiger partial charge in [0.2, 0.25) is 0 Å². The monoisotopic (exact) mass is 401 g/mol. The molecule has 1 saturated heterocycles. The van der Waals surface area contributed by atoms with Gasteiger partial charge < -0.3 is 9.52 Å². The van der Waals surface area contributed by atoms with E-state index in [2.05, 4.69) is 30.6 Å². The summed E-state index contributed by atoms with van der Waals surface area (Å²) < 4.78 is 5.89. The molecular formula is C25H39NO3. The van der Waals surface area contributed by atoms with E-state index < -0.39 is 5.97 Å². The molecule has 2 rings (SSSR count). The average molecular weight is 402 g/mol. The first-order chi connectivity index (χ1) is 14.0. The summed E-state index contributed by atoms with van der Waals surface area (Å²) in [5.74, 6) is -0.0490. The Morgan fingerprint density at radius 3 is 2.38 bits per heavy atom. The average Bonchev–Trinajstić information content (AvgIpc) is 3.12. The fourth-order valence-electron chi connectivity index (χ4n) is 2.85. The third-order valence-electron chi connectivity index (χ3n) is 4.50. The SMILES string of the molecule is C=C/C=c1/cc(/C(C)=C/C=C(\CC)CN2CC(C(=O)O)C2)o/c1=C/C.CC.CC. The van der Waals surface area contributed by atoms with Crippen molar-refractivity contribution < 1.29 is 14.3 Å². The number of furan rings is 1. The first-order valence-corrected chi connectivity index (χ1v) is 10.7. The van der Waals surface area contributed by atoms with Gasteiger partial charge in [-0.15, -0.1) is 0 Å². The zero-order valence-electron chi connectivity index (χ0n) is 19.3. The highest BCUT2D eigenvalue weighted by atomic mass is 16.4. The minimum Gasteiger partial charge on any atom is -0.481 e. The highest BCUT2D eigenvalue weighted by Gasteiger charge is 2.32. The van der Waals surface area contributed by atoms with Gasteiger partial charge >= 0.3 is 5.97 Å². The van der Waals surface area contributed by atoms with Crippen LogP contribution in [0.5, 0.6) is 0 Å². The summed E-state index contributed by atoms with van der Waals surface area (Å²) in [5, 5.41) is 9.98. The molecule has 1 aromatic rings. The second-order valence-electron chi connectivity index (χ2n) is 6.38. The van der Waals surface area contributed by atoms with E-state index in [0.717, 1.165) is 34.9 Å². The molecule has 0 aromatic carbocycles. The molecule has 1 aliphatic rings. The van der Waals surface area contributed by atoms with E-state index in [-0.39, 0.29) is 5.92 Å². The smallest absolute Gasteiger partial charge is 0.309 e. The van der Waals surface area contributed by atoms with Crippen molar-refractivity contribution in [2.24, 2.45) is 5.92 Å². The van der Waals surface area contributed by atoms with Crippen LogP contribution in [0.3, 0.4) is 0 Å². The van der Waals surface area contributed by atoms with E-state index in [1.807, 2.05) is 59.8 Å². The second kappa shape index (κ2) is 14.6. The molecule has 1 aliphatic heterocycles. The second-order valence-corrected chi connectivity index (χ2v) is 6.38. The van der Waals surface area contributed by atoms with Crippen LogP contribution >= 0.6 is 0 Å². The van der Waals surface area contributed by atoms with Crippen molar-refractivity contribution in [1.29, 1.82) is 0 Å². The van der Waals surface area contributed by atoms with Gasteiger partial charge in [-0.3, -0.25) is 9.69 Å². The van der Waals surface area contributed by atoms with Crippen LogP contribution in [-0.4, -0.2) is 35.6 Å². The molecule has 1 aromatic heterocycles. The van der Waals surface area contributed by atoms with Gasteiger partial charge in [0.05, 0.1) is 5.92 Å². The lowest BCUT2D eigenvalue weighted by Gasteiger charge is -2.37. The molecule has 0 spiro atoms. The number of carboxylic acids is 1. The van der Waals surface area contributed by atoms with Crippen LogP contribution < -0.4 is 10.6 Å². The zero-order valence-corrected chi connectivity index (χ0v) is 19.3. The van der Waals surface area contributed by atoms with E-state index in [1.165, 1.54) is 5.57 Å². The van der Waals surface area contributed by atoms with Gasteiger partial charge in [-0.05, 0) is 38.0 Å². The number of aliphatic carboxylic acids is 1. The number of nitrogens with zero attached hydrogens (tertiary/aromatic N) is 1. The summed E-state index contributed by atoms with van der Waals surface area (Å²) in [6.07, 6.45) is 10.8. The molecule has 0 radical (unpaired) electrons. The minimum absolute atomic E-state index is 0.207. The Morgan fingerprint density at radius 2 is 1.90 bits per heavy atom. The highest BCUT2D eigenvalue weighted by Crippen LogP contribution is 2.19. The summed E-state index contributed by atoms with van der Waals surface area (Å²) >= 11 is 0. The van der Waals surface area contributed by atoms with Crippen molar-refractivity contribution in [3.63, 3.8) is 0 Å². The molecule has 2 heterocycles. The van der Waals surface area contributed by atoms with E-state index in [1.54, 1.807) is 6.08 Å². The Hall–Kier alpha value is -2.33. The van der Waals surface area contributed by atoms with Crippen molar-refractivity contribution in [2.45, 2.75) is 54.9 Å². The third-order valence-corrected chi connectivity index (χ3v) is 4.50. The normalized spacial score (nSPS) is 16.4. The summed E-state index contributed by atoms with van der Waals surface area (Å²) in [5.41, 5.74) is 3.20. The van der Waals surface area contributed by atoms with E-state index in [4.69, 9.17) is 9.52 Å². The Bertz CT molecular complexity index is 806. The molecule has 0 saturated carbocycles. The number of hydrogen-bond acceptors (Lipinski definition) is 3. The van der Waals surface area contributed by atoms with Gasteiger partial charge in [0, 0.05) is 24.9 Å². The Balaban J connectivity index is 0.00000184. The number of carbonyl (C=O) groups is 1. The highest BCUT2D eigenvalue weighted by molar-refractivity contribution is 5.71. The Kier molecular flexibility index (Phi) is 13.5. The maximum absolute atomic E-state index is 10.9. The molecule has 4 nitrogen and oxygen atoms in total. The zero-order chi connectivity index (χ0) is 22.4. The number of hydrogen-bond donors (Lipinski definition) is 1. The molecular weight excluding hydrogens is 362 g/mol. The van der Waals surface area contributed by atoms with Crippen molar-refractivity contribution in [1.82, 2.24) is 4.90 Å². The number of allylic oxidation sites excluding steroid dienone is 4. The topological polar surface area (TPSA) is 53.7 Å². The molecule has 1 fully saturated rings. The maximum Gasteiger partial charge on any atom is 0.309 e. The predicted octanol–water partition coefficient (Wildman–Crippen LogP) is 4.86. The molecule has 0 amide bonds. The fraction of sp³-hybridized carbons (Fsp3) is 0.480. The maximum atomic E-state index is 10.9. The van der Waals surface area contributed by atoms with Crippen molar-refractivity contribution in [2.75, 3.05) is 19.6 Å². The molecule has 29 heavy (non-hydrogen) atoms. The van der Waals surface area contributed by atoms with Gasteiger partial charge in [-0.1, -0.05) is 71.1 Å². The van der Waals surface area contributed by atoms with Gasteiger partial charge in [0.15, 0.2) is 0 Å². The first kappa shape index (κ1) is 26.7. The molecule has 0 unspecified atom stereocenters. The summed E-state index contributed by atoms with van der Waals surface area (Å²) in [6.45, 7) is 20.0. The first-order valence-electron chi connectivity index (χ1n) is 10.7. The molecule has 4 heteroatoms. The number of rotatable bonds is 7. The van der Waals surface area contributed by atoms with Crippen molar-refractivity contribution >= 4 is 23.7 Å². The van der Waals surface area contributed by atoms with Crippen molar-refractivity contribution in [3.05, 3.63) is 52.8 Å². The lowest BCUT2D eigenvalue weighted by atomic mass is 9.99. The number of carboxylic acid groups (broad SMARTS) is 1. The largest absolute Gasteiger partial charge is 0.481 e. The predicted molar refractivity (Wildman–Crippen MR) is 125 cm³/mol. The quantitative estimate of drug-likeness (QED) is 0.663. The van der Waals surface area contributed by atoms with Gasteiger partial charge in [-0.2, -0.15) is 0 Å². The van der Waals surface area contributed by atoms with Gasteiger partial charge in [0.1, 0.15) is 11.2 Å². The lowest BCUT2D eigenvalue weighted by Crippen LogP contribution is -2.50. The molecule has 0 bridgehead atoms. The summed E-state index contributed by atoms with van der Waals surface area (Å²) in [4.78, 5) is 13.1. The molecule has 1 N–H and O–H groups in total. The molecule has 162 valence electrons. The van der Waals surface area contributed by atoms with Crippen LogP contribution in [0.2, 0.25) is 0 Å². The standard InChI is InChI=1S/C21H27NO3.2C2H6/c1-5-8-17-11-20(25-19(17)7-3)15(4)9-10-16(6-2)12-22-13-18(14-22)21(23)24;2*1-2/h5,7-11,18H,1,6,12-14H2,2-4H3,(H,23,24);2*1-2H3/b15-9+,16-10+,17-8-,19-7+;;. The third kappa shape index (κ3) is 8.28. The van der Waals surface area contributed by atoms with Crippen LogP contribution in [0.1, 0.15) is 60.6 Å². The Labute approximate surface area is 176 Å². The molecule has 0 aliphatic carbocycles. The van der Waals surface area contributed by atoms with E-state index >= 15 is 0 Å². The van der Waals surface area contributed by atoms with Gasteiger partial charge in [0.25, 0.3) is 0 Å². The molecule has 0 atom stereocenters. The van der Waals surface area contributed by atoms with Crippen LogP contribution in [0, 0.1) is 5.92 Å². The van der Waals surface area contributed by atoms with Crippen molar-refractivity contribution in [3.8, 4) is 0 Å². The van der Waals surface area contributed by atoms with E-state index in [0.29, 0.717) is 13.1 Å². The lowest BCUT2D eigenvalue weighted by molar-refractivity contribution is -0.147. The Morgan fingerprint density at radius 1 is 1.28 bits per heavy atom.